The maximum atomic E-state index is 13.4. The van der Waals surface area contributed by atoms with Crippen LogP contribution >= 0.6 is 0 Å². The van der Waals surface area contributed by atoms with Gasteiger partial charge in [0.25, 0.3) is 0 Å². The average Bonchev–Trinajstić information content (AvgIpc) is 2.46. The number of aromatic nitrogens is 2. The Morgan fingerprint density at radius 2 is 2.23 bits per heavy atom. The van der Waals surface area contributed by atoms with Crippen LogP contribution in [-0.2, 0) is 6.42 Å². The number of hydrogen-bond donors (Lipinski definition) is 1. The van der Waals surface area contributed by atoms with Gasteiger partial charge in [-0.1, -0.05) is 0 Å². The number of rotatable bonds is 2. The van der Waals surface area contributed by atoms with E-state index in [-0.39, 0.29) is 29.2 Å². The van der Waals surface area contributed by atoms with E-state index in [1.54, 1.807) is 11.0 Å². The molecule has 0 fully saturated rings. The molecule has 1 aliphatic rings. The van der Waals surface area contributed by atoms with Crippen LogP contribution in [-0.4, -0.2) is 20.9 Å². The molecule has 114 valence electrons. The molecule has 22 heavy (non-hydrogen) atoms. The molecule has 1 atom stereocenters. The number of halogens is 1. The number of nitrogens with two attached hydrogens (primary N) is 1. The highest BCUT2D eigenvalue weighted by Gasteiger charge is 2.32. The summed E-state index contributed by atoms with van der Waals surface area (Å²) >= 11 is 0. The highest BCUT2D eigenvalue weighted by molar-refractivity contribution is 5.77. The van der Waals surface area contributed by atoms with Crippen LogP contribution in [0.2, 0.25) is 0 Å². The number of nitrogen functional groups attached to an aromatic ring is 1. The summed E-state index contributed by atoms with van der Waals surface area (Å²) in [6.07, 6.45) is 2.64. The first-order chi connectivity index (χ1) is 10.5. The maximum absolute atomic E-state index is 13.4. The van der Waals surface area contributed by atoms with Crippen molar-refractivity contribution in [3.8, 4) is 0 Å². The van der Waals surface area contributed by atoms with Crippen LogP contribution < -0.4 is 10.6 Å². The number of nitrogens with zero attached hydrogens (tertiary/aromatic N) is 4. The lowest BCUT2D eigenvalue weighted by molar-refractivity contribution is -0.383. The van der Waals surface area contributed by atoms with Gasteiger partial charge >= 0.3 is 5.69 Å². The fraction of sp³-hybridized carbons (Fsp3) is 0.286. The van der Waals surface area contributed by atoms with Crippen LogP contribution in [0.1, 0.15) is 18.9 Å². The van der Waals surface area contributed by atoms with Crippen LogP contribution in [0.15, 0.2) is 24.5 Å². The van der Waals surface area contributed by atoms with Gasteiger partial charge in [-0.25, -0.2) is 14.4 Å². The van der Waals surface area contributed by atoms with Crippen molar-refractivity contribution in [1.29, 1.82) is 0 Å². The maximum Gasteiger partial charge on any atom is 0.353 e. The van der Waals surface area contributed by atoms with E-state index in [0.29, 0.717) is 12.1 Å². The van der Waals surface area contributed by atoms with E-state index >= 15 is 0 Å². The lowest BCUT2D eigenvalue weighted by Gasteiger charge is -2.35. The molecule has 7 nitrogen and oxygen atoms in total. The highest BCUT2D eigenvalue weighted by Crippen LogP contribution is 2.41. The zero-order valence-electron chi connectivity index (χ0n) is 11.9. The fourth-order valence-corrected chi connectivity index (χ4v) is 2.78. The molecule has 0 spiro atoms. The zero-order chi connectivity index (χ0) is 15.9. The first kappa shape index (κ1) is 14.2. The standard InChI is InChI=1S/C14H14FN5O2/c1-8-2-3-9-6-10(15)4-5-11(9)19(8)14-12(20(21)22)13(16)17-7-18-14/h4-8H,2-3H2,1H3,(H2,16,17,18)/t8-/m0/s1. The summed E-state index contributed by atoms with van der Waals surface area (Å²) in [4.78, 5) is 20.2. The number of hydrogen-bond acceptors (Lipinski definition) is 6. The van der Waals surface area contributed by atoms with E-state index in [9.17, 15) is 14.5 Å². The number of fused-ring (bicyclic) bond motifs is 1. The molecular weight excluding hydrogens is 289 g/mol. The molecule has 2 N–H and O–H groups in total. The van der Waals surface area contributed by atoms with Gasteiger partial charge in [0.15, 0.2) is 0 Å². The van der Waals surface area contributed by atoms with Gasteiger partial charge in [0.2, 0.25) is 11.6 Å². The van der Waals surface area contributed by atoms with Gasteiger partial charge in [0, 0.05) is 11.7 Å². The van der Waals surface area contributed by atoms with Crippen molar-refractivity contribution in [3.05, 3.63) is 46.0 Å². The normalized spacial score (nSPS) is 17.2. The van der Waals surface area contributed by atoms with Crippen LogP contribution in [0.25, 0.3) is 0 Å². The summed E-state index contributed by atoms with van der Waals surface area (Å²) in [7, 11) is 0. The van der Waals surface area contributed by atoms with E-state index in [2.05, 4.69) is 9.97 Å². The Labute approximate surface area is 125 Å². The molecule has 0 saturated heterocycles. The van der Waals surface area contributed by atoms with Crippen molar-refractivity contribution in [3.63, 3.8) is 0 Å². The third-order valence-corrected chi connectivity index (χ3v) is 3.82. The Kier molecular flexibility index (Phi) is 3.36. The van der Waals surface area contributed by atoms with Gasteiger partial charge in [-0.15, -0.1) is 0 Å². The van der Waals surface area contributed by atoms with Crippen LogP contribution in [0.3, 0.4) is 0 Å². The van der Waals surface area contributed by atoms with Gasteiger partial charge in [0.1, 0.15) is 12.1 Å². The Morgan fingerprint density at radius 1 is 1.45 bits per heavy atom. The van der Waals surface area contributed by atoms with Crippen LogP contribution in [0.4, 0.5) is 27.4 Å². The van der Waals surface area contributed by atoms with E-state index in [4.69, 9.17) is 5.73 Å². The Morgan fingerprint density at radius 3 is 2.95 bits per heavy atom. The smallest absolute Gasteiger partial charge is 0.353 e. The van der Waals surface area contributed by atoms with Gasteiger partial charge in [-0.3, -0.25) is 10.1 Å². The van der Waals surface area contributed by atoms with E-state index < -0.39 is 4.92 Å². The molecule has 2 aromatic rings. The fourth-order valence-electron chi connectivity index (χ4n) is 2.78. The minimum atomic E-state index is -0.588. The molecule has 0 radical (unpaired) electrons. The largest absolute Gasteiger partial charge is 0.378 e. The van der Waals surface area contributed by atoms with Gasteiger partial charge < -0.3 is 10.6 Å². The van der Waals surface area contributed by atoms with Crippen molar-refractivity contribution in [2.24, 2.45) is 0 Å². The summed E-state index contributed by atoms with van der Waals surface area (Å²) in [5, 5.41) is 11.3. The molecule has 0 amide bonds. The summed E-state index contributed by atoms with van der Waals surface area (Å²) in [5.41, 5.74) is 6.82. The molecule has 1 aromatic heterocycles. The molecule has 8 heteroatoms. The van der Waals surface area contributed by atoms with Gasteiger partial charge in [-0.05, 0) is 43.5 Å². The van der Waals surface area contributed by atoms with Crippen molar-refractivity contribution in [2.75, 3.05) is 10.6 Å². The minimum absolute atomic E-state index is 0.0223. The Balaban J connectivity index is 2.21. The van der Waals surface area contributed by atoms with Crippen molar-refractivity contribution in [2.45, 2.75) is 25.8 Å². The molecule has 0 aliphatic carbocycles. The SMILES string of the molecule is C[C@H]1CCc2cc(F)ccc2N1c1ncnc(N)c1[N+](=O)[O-]. The molecule has 0 unspecified atom stereocenters. The van der Waals surface area contributed by atoms with E-state index in [0.717, 1.165) is 12.0 Å². The number of benzene rings is 1. The molecule has 2 heterocycles. The first-order valence-corrected chi connectivity index (χ1v) is 6.81. The van der Waals surface area contributed by atoms with Gasteiger partial charge in [0.05, 0.1) is 4.92 Å². The molecule has 1 aliphatic heterocycles. The minimum Gasteiger partial charge on any atom is -0.378 e. The number of aryl methyl sites for hydroxylation is 1. The Bertz CT molecular complexity index is 752. The lowest BCUT2D eigenvalue weighted by atomic mass is 9.96. The van der Waals surface area contributed by atoms with Gasteiger partial charge in [-0.2, -0.15) is 0 Å². The zero-order valence-corrected chi connectivity index (χ0v) is 11.9. The molecule has 0 bridgehead atoms. The highest BCUT2D eigenvalue weighted by atomic mass is 19.1. The lowest BCUT2D eigenvalue weighted by Crippen LogP contribution is -2.34. The number of nitro groups is 1. The predicted octanol–water partition coefficient (Wildman–Crippen LogP) is 2.58. The predicted molar refractivity (Wildman–Crippen MR) is 79.4 cm³/mol. The summed E-state index contributed by atoms with van der Waals surface area (Å²) in [5.74, 6) is -0.376. The second-order valence-corrected chi connectivity index (χ2v) is 5.22. The van der Waals surface area contributed by atoms with Crippen LogP contribution in [0.5, 0.6) is 0 Å². The monoisotopic (exact) mass is 303 g/mol. The summed E-state index contributed by atoms with van der Waals surface area (Å²) in [6.45, 7) is 1.94. The van der Waals surface area contributed by atoms with Crippen molar-refractivity contribution in [1.82, 2.24) is 9.97 Å². The third kappa shape index (κ3) is 2.22. The van der Waals surface area contributed by atoms with Crippen molar-refractivity contribution >= 4 is 23.0 Å². The quantitative estimate of drug-likeness (QED) is 0.676. The van der Waals surface area contributed by atoms with E-state index in [1.807, 2.05) is 6.92 Å². The second-order valence-electron chi connectivity index (χ2n) is 5.22. The molecular formula is C14H14FN5O2. The molecule has 0 saturated carbocycles. The first-order valence-electron chi connectivity index (χ1n) is 6.81. The van der Waals surface area contributed by atoms with Crippen LogP contribution in [0, 0.1) is 15.9 Å². The third-order valence-electron chi connectivity index (χ3n) is 3.82. The Hall–Kier alpha value is -2.77. The van der Waals surface area contributed by atoms with E-state index in [1.165, 1.54) is 18.5 Å². The topological polar surface area (TPSA) is 98.2 Å². The second kappa shape index (κ2) is 5.21. The number of anilines is 3. The average molecular weight is 303 g/mol. The van der Waals surface area contributed by atoms with Crippen molar-refractivity contribution < 1.29 is 9.31 Å². The summed E-state index contributed by atoms with van der Waals surface area (Å²) in [6, 6.07) is 4.37. The molecule has 1 aromatic carbocycles. The summed E-state index contributed by atoms with van der Waals surface area (Å²) < 4.78 is 13.4. The molecule has 3 rings (SSSR count).